The summed E-state index contributed by atoms with van der Waals surface area (Å²) >= 11 is 7.50. The highest BCUT2D eigenvalue weighted by atomic mass is 79.9. The third-order valence-corrected chi connectivity index (χ3v) is 3.43. The molecule has 2 heterocycles. The van der Waals surface area contributed by atoms with Crippen LogP contribution in [0.1, 0.15) is 18.5 Å². The average Bonchev–Trinajstić information content (AvgIpc) is 2.86. The number of H-pyrrole nitrogens is 1. The number of rotatable bonds is 0. The maximum absolute atomic E-state index is 4.20. The van der Waals surface area contributed by atoms with Crippen LogP contribution >= 0.6 is 28.6 Å². The van der Waals surface area contributed by atoms with Crippen LogP contribution in [0.5, 0.6) is 0 Å². The molecule has 0 spiro atoms. The summed E-state index contributed by atoms with van der Waals surface area (Å²) in [5, 5.41) is 1.97. The fourth-order valence-electron chi connectivity index (χ4n) is 1.23. The molecule has 0 saturated heterocycles. The number of halogens is 1. The van der Waals surface area contributed by atoms with Crippen LogP contribution in [0.25, 0.3) is 10.9 Å². The molecule has 2 nitrogen and oxygen atoms in total. The molecule has 0 aromatic carbocycles. The zero-order chi connectivity index (χ0) is 10.8. The minimum Gasteiger partial charge on any atom is -0.360 e. The predicted octanol–water partition coefficient (Wildman–Crippen LogP) is 3.71. The third-order valence-electron chi connectivity index (χ3n) is 2.28. The summed E-state index contributed by atoms with van der Waals surface area (Å²) in [5.74, 6) is 0. The maximum atomic E-state index is 4.20. The van der Waals surface area contributed by atoms with Gasteiger partial charge in [-0.25, -0.2) is 0 Å². The zero-order valence-corrected chi connectivity index (χ0v) is 11.0. The molecule has 0 aliphatic heterocycles. The van der Waals surface area contributed by atoms with Crippen LogP contribution in [0, 0.1) is 6.92 Å². The fourth-order valence-corrected chi connectivity index (χ4v) is 1.81. The van der Waals surface area contributed by atoms with Crippen molar-refractivity contribution >= 4 is 39.5 Å². The first-order chi connectivity index (χ1) is 7.18. The van der Waals surface area contributed by atoms with E-state index in [1.165, 1.54) is 18.2 Å². The number of aryl methyl sites for hydroxylation is 1. The van der Waals surface area contributed by atoms with Gasteiger partial charge in [0.25, 0.3) is 0 Å². The largest absolute Gasteiger partial charge is 0.360 e. The van der Waals surface area contributed by atoms with Gasteiger partial charge < -0.3 is 4.98 Å². The van der Waals surface area contributed by atoms with Gasteiger partial charge in [0.2, 0.25) is 0 Å². The normalized spacial score (nSPS) is 14.9. The van der Waals surface area contributed by atoms with E-state index in [-0.39, 0.29) is 0 Å². The number of aromatic nitrogens is 2. The van der Waals surface area contributed by atoms with E-state index in [2.05, 4.69) is 38.5 Å². The van der Waals surface area contributed by atoms with E-state index < -0.39 is 0 Å². The standard InChI is InChI=1S/C8H7BrN2.C3H6S/c1-5-8-6(2-3-10-8)7(9)4-11-5;4-3-1-2-3/h2-4,10H,1H3;3-4H,1-2H2. The Morgan fingerprint density at radius 3 is 2.73 bits per heavy atom. The first kappa shape index (κ1) is 11.0. The molecule has 0 radical (unpaired) electrons. The van der Waals surface area contributed by atoms with E-state index in [1.54, 1.807) is 0 Å². The second-order valence-corrected chi connectivity index (χ2v) is 5.27. The lowest BCUT2D eigenvalue weighted by molar-refractivity contribution is 1.21. The summed E-state index contributed by atoms with van der Waals surface area (Å²) in [6.07, 6.45) is 6.45. The first-order valence-corrected chi connectivity index (χ1v) is 6.25. The molecule has 1 aliphatic rings. The van der Waals surface area contributed by atoms with Gasteiger partial charge in [0, 0.05) is 27.5 Å². The van der Waals surface area contributed by atoms with Crippen LogP contribution in [-0.4, -0.2) is 15.2 Å². The lowest BCUT2D eigenvalue weighted by atomic mass is 10.3. The van der Waals surface area contributed by atoms with Crippen molar-refractivity contribution in [1.82, 2.24) is 9.97 Å². The molecule has 1 fully saturated rings. The first-order valence-electron chi connectivity index (χ1n) is 4.94. The van der Waals surface area contributed by atoms with E-state index in [4.69, 9.17) is 0 Å². The maximum Gasteiger partial charge on any atom is 0.0681 e. The number of hydrogen-bond acceptors (Lipinski definition) is 2. The van der Waals surface area contributed by atoms with Gasteiger partial charge in [-0.3, -0.25) is 4.98 Å². The molecule has 2 aromatic heterocycles. The van der Waals surface area contributed by atoms with Gasteiger partial charge >= 0.3 is 0 Å². The number of aromatic amines is 1. The molecule has 80 valence electrons. The number of nitrogens with one attached hydrogen (secondary N) is 1. The van der Waals surface area contributed by atoms with E-state index >= 15 is 0 Å². The summed E-state index contributed by atoms with van der Waals surface area (Å²) < 4.78 is 1.04. The summed E-state index contributed by atoms with van der Waals surface area (Å²) in [4.78, 5) is 7.34. The molecule has 1 saturated carbocycles. The number of nitrogens with zero attached hydrogens (tertiary/aromatic N) is 1. The zero-order valence-electron chi connectivity index (χ0n) is 8.50. The van der Waals surface area contributed by atoms with Crippen molar-refractivity contribution in [2.45, 2.75) is 25.0 Å². The smallest absolute Gasteiger partial charge is 0.0681 e. The Morgan fingerprint density at radius 2 is 2.20 bits per heavy atom. The Kier molecular flexibility index (Phi) is 3.36. The van der Waals surface area contributed by atoms with Crippen molar-refractivity contribution in [3.8, 4) is 0 Å². The molecular formula is C11H13BrN2S. The minimum absolute atomic E-state index is 0.778. The van der Waals surface area contributed by atoms with E-state index in [0.717, 1.165) is 20.9 Å². The van der Waals surface area contributed by atoms with Crippen LogP contribution in [0.3, 0.4) is 0 Å². The lowest BCUT2D eigenvalue weighted by Gasteiger charge is -1.95. The van der Waals surface area contributed by atoms with Gasteiger partial charge in [0.15, 0.2) is 0 Å². The van der Waals surface area contributed by atoms with Gasteiger partial charge in [0.1, 0.15) is 0 Å². The van der Waals surface area contributed by atoms with Gasteiger partial charge in [-0.2, -0.15) is 12.6 Å². The van der Waals surface area contributed by atoms with Crippen molar-refractivity contribution in [3.05, 3.63) is 28.6 Å². The Morgan fingerprint density at radius 1 is 1.53 bits per heavy atom. The van der Waals surface area contributed by atoms with E-state index in [0.29, 0.717) is 0 Å². The molecule has 0 atom stereocenters. The van der Waals surface area contributed by atoms with Gasteiger partial charge in [0.05, 0.1) is 11.2 Å². The van der Waals surface area contributed by atoms with Gasteiger partial charge in [-0.15, -0.1) is 0 Å². The van der Waals surface area contributed by atoms with Crippen molar-refractivity contribution in [3.63, 3.8) is 0 Å². The fraction of sp³-hybridized carbons (Fsp3) is 0.364. The second-order valence-electron chi connectivity index (χ2n) is 3.69. The third kappa shape index (κ3) is 2.75. The summed E-state index contributed by atoms with van der Waals surface area (Å²) in [6.45, 7) is 1.99. The highest BCUT2D eigenvalue weighted by Crippen LogP contribution is 2.25. The SMILES string of the molecule is Cc1ncc(Br)c2cc[nH]c12.SC1CC1. The van der Waals surface area contributed by atoms with Crippen LogP contribution in [-0.2, 0) is 0 Å². The molecular weight excluding hydrogens is 272 g/mol. The van der Waals surface area contributed by atoms with Crippen LogP contribution in [0.15, 0.2) is 22.9 Å². The average molecular weight is 285 g/mol. The molecule has 1 N–H and O–H groups in total. The van der Waals surface area contributed by atoms with Crippen molar-refractivity contribution in [1.29, 1.82) is 0 Å². The Hall–Kier alpha value is -0.480. The number of thiol groups is 1. The molecule has 0 unspecified atom stereocenters. The number of hydrogen-bond donors (Lipinski definition) is 2. The number of fused-ring (bicyclic) bond motifs is 1. The molecule has 3 rings (SSSR count). The quantitative estimate of drug-likeness (QED) is 0.710. The predicted molar refractivity (Wildman–Crippen MR) is 70.5 cm³/mol. The Balaban J connectivity index is 0.000000179. The van der Waals surface area contributed by atoms with Crippen molar-refractivity contribution in [2.24, 2.45) is 0 Å². The number of pyridine rings is 1. The van der Waals surface area contributed by atoms with Gasteiger partial charge in [-0.1, -0.05) is 0 Å². The molecule has 15 heavy (non-hydrogen) atoms. The topological polar surface area (TPSA) is 28.7 Å². The molecule has 0 bridgehead atoms. The molecule has 1 aliphatic carbocycles. The minimum atomic E-state index is 0.778. The van der Waals surface area contributed by atoms with Crippen molar-refractivity contribution < 1.29 is 0 Å². The molecule has 2 aromatic rings. The molecule has 0 amide bonds. The summed E-state index contributed by atoms with van der Waals surface area (Å²) in [7, 11) is 0. The Labute approximate surface area is 103 Å². The summed E-state index contributed by atoms with van der Waals surface area (Å²) in [5.41, 5.74) is 2.15. The monoisotopic (exact) mass is 284 g/mol. The van der Waals surface area contributed by atoms with Crippen LogP contribution in [0.4, 0.5) is 0 Å². The van der Waals surface area contributed by atoms with Crippen LogP contribution in [0.2, 0.25) is 0 Å². The lowest BCUT2D eigenvalue weighted by Crippen LogP contribution is -1.82. The summed E-state index contributed by atoms with van der Waals surface area (Å²) in [6, 6.07) is 2.04. The van der Waals surface area contributed by atoms with E-state index in [1.807, 2.05) is 25.4 Å². The molecule has 4 heteroatoms. The Bertz CT molecular complexity index is 427. The highest BCUT2D eigenvalue weighted by molar-refractivity contribution is 9.10. The second kappa shape index (κ2) is 4.58. The van der Waals surface area contributed by atoms with Crippen molar-refractivity contribution in [2.75, 3.05) is 0 Å². The van der Waals surface area contributed by atoms with Crippen LogP contribution < -0.4 is 0 Å². The van der Waals surface area contributed by atoms with E-state index in [9.17, 15) is 0 Å². The van der Waals surface area contributed by atoms with Gasteiger partial charge in [-0.05, 0) is 41.8 Å². The highest BCUT2D eigenvalue weighted by Gasteiger charge is 2.14.